The standard InChI is InChI=1S/C15H20Cl2N2O/c1-10(18-2)9-19-14(20)15(6-3-7-15)11-4-5-12(16)13(17)8-11/h4-5,8,10,18H,3,6-7,9H2,1-2H3,(H,19,20). The molecular formula is C15H20Cl2N2O. The third kappa shape index (κ3) is 2.95. The van der Waals surface area contributed by atoms with Gasteiger partial charge in [0, 0.05) is 12.6 Å². The lowest BCUT2D eigenvalue weighted by Gasteiger charge is -2.41. The molecule has 3 nitrogen and oxygen atoms in total. The highest BCUT2D eigenvalue weighted by Crippen LogP contribution is 2.45. The maximum Gasteiger partial charge on any atom is 0.230 e. The fourth-order valence-electron chi connectivity index (χ4n) is 2.49. The van der Waals surface area contributed by atoms with E-state index in [4.69, 9.17) is 23.2 Å². The number of hydrogen-bond donors (Lipinski definition) is 2. The molecular weight excluding hydrogens is 295 g/mol. The molecule has 1 unspecified atom stereocenters. The van der Waals surface area contributed by atoms with Crippen LogP contribution in [0.15, 0.2) is 18.2 Å². The number of benzene rings is 1. The van der Waals surface area contributed by atoms with Crippen molar-refractivity contribution in [2.24, 2.45) is 0 Å². The average molecular weight is 315 g/mol. The predicted octanol–water partition coefficient (Wildman–Crippen LogP) is 3.14. The second-order valence-corrected chi connectivity index (χ2v) is 6.28. The highest BCUT2D eigenvalue weighted by Gasteiger charge is 2.45. The largest absolute Gasteiger partial charge is 0.354 e. The Bertz CT molecular complexity index is 501. The SMILES string of the molecule is CNC(C)CNC(=O)C1(c2ccc(Cl)c(Cl)c2)CCC1. The van der Waals surface area contributed by atoms with Crippen LogP contribution in [0.3, 0.4) is 0 Å². The molecule has 2 N–H and O–H groups in total. The van der Waals surface area contributed by atoms with Gasteiger partial charge in [-0.3, -0.25) is 4.79 Å². The van der Waals surface area contributed by atoms with Crippen LogP contribution in [0.2, 0.25) is 10.0 Å². The molecule has 1 aliphatic rings. The zero-order chi connectivity index (χ0) is 14.8. The Balaban J connectivity index is 2.16. The second kappa shape index (κ2) is 6.33. The van der Waals surface area contributed by atoms with Crippen molar-refractivity contribution in [3.8, 4) is 0 Å². The van der Waals surface area contributed by atoms with Crippen LogP contribution in [-0.2, 0) is 10.2 Å². The van der Waals surface area contributed by atoms with Gasteiger partial charge in [-0.25, -0.2) is 0 Å². The van der Waals surface area contributed by atoms with E-state index in [1.165, 1.54) is 0 Å². The fraction of sp³-hybridized carbons (Fsp3) is 0.533. The smallest absolute Gasteiger partial charge is 0.230 e. The molecule has 5 heteroatoms. The summed E-state index contributed by atoms with van der Waals surface area (Å²) in [5, 5.41) is 7.17. The average Bonchev–Trinajstić information content (AvgIpc) is 2.38. The molecule has 0 aliphatic heterocycles. The first-order valence-electron chi connectivity index (χ1n) is 6.91. The zero-order valence-electron chi connectivity index (χ0n) is 11.8. The number of nitrogens with one attached hydrogen (secondary N) is 2. The summed E-state index contributed by atoms with van der Waals surface area (Å²) < 4.78 is 0. The summed E-state index contributed by atoms with van der Waals surface area (Å²) in [4.78, 5) is 12.5. The van der Waals surface area contributed by atoms with Crippen LogP contribution < -0.4 is 10.6 Å². The lowest BCUT2D eigenvalue weighted by Crippen LogP contribution is -2.51. The van der Waals surface area contributed by atoms with Crippen LogP contribution in [0.5, 0.6) is 0 Å². The molecule has 1 atom stereocenters. The minimum absolute atomic E-state index is 0.0873. The van der Waals surface area contributed by atoms with Gasteiger partial charge in [-0.15, -0.1) is 0 Å². The summed E-state index contributed by atoms with van der Waals surface area (Å²) >= 11 is 12.0. The van der Waals surface area contributed by atoms with Gasteiger partial charge in [-0.05, 0) is 44.5 Å². The second-order valence-electron chi connectivity index (χ2n) is 5.46. The Hall–Kier alpha value is -0.770. The van der Waals surface area contributed by atoms with Crippen molar-refractivity contribution in [3.05, 3.63) is 33.8 Å². The molecule has 0 spiro atoms. The summed E-state index contributed by atoms with van der Waals surface area (Å²) in [5.74, 6) is 0.0873. The van der Waals surface area contributed by atoms with Gasteiger partial charge < -0.3 is 10.6 Å². The van der Waals surface area contributed by atoms with Crippen molar-refractivity contribution < 1.29 is 4.79 Å². The molecule has 1 amide bonds. The van der Waals surface area contributed by atoms with Crippen LogP contribution in [0.25, 0.3) is 0 Å². The Kier molecular flexibility index (Phi) is 4.95. The molecule has 0 saturated heterocycles. The molecule has 110 valence electrons. The van der Waals surface area contributed by atoms with Crippen LogP contribution in [0.1, 0.15) is 31.7 Å². The number of carbonyl (C=O) groups excluding carboxylic acids is 1. The van der Waals surface area contributed by atoms with E-state index in [2.05, 4.69) is 10.6 Å². The van der Waals surface area contributed by atoms with E-state index in [1.54, 1.807) is 6.07 Å². The van der Waals surface area contributed by atoms with Crippen LogP contribution >= 0.6 is 23.2 Å². The maximum absolute atomic E-state index is 12.5. The van der Waals surface area contributed by atoms with E-state index in [9.17, 15) is 4.79 Å². The number of amides is 1. The Morgan fingerprint density at radius 1 is 1.35 bits per heavy atom. The van der Waals surface area contributed by atoms with Crippen molar-refractivity contribution in [2.45, 2.75) is 37.6 Å². The quantitative estimate of drug-likeness (QED) is 0.876. The van der Waals surface area contributed by atoms with Crippen molar-refractivity contribution in [1.82, 2.24) is 10.6 Å². The third-order valence-corrected chi connectivity index (χ3v) is 4.91. The van der Waals surface area contributed by atoms with Crippen LogP contribution in [0, 0.1) is 0 Å². The van der Waals surface area contributed by atoms with E-state index >= 15 is 0 Å². The van der Waals surface area contributed by atoms with E-state index in [1.807, 2.05) is 26.1 Å². The first-order valence-corrected chi connectivity index (χ1v) is 7.66. The Morgan fingerprint density at radius 2 is 2.05 bits per heavy atom. The predicted molar refractivity (Wildman–Crippen MR) is 83.5 cm³/mol. The molecule has 2 rings (SSSR count). The lowest BCUT2D eigenvalue weighted by atomic mass is 9.64. The molecule has 1 saturated carbocycles. The van der Waals surface area contributed by atoms with E-state index in [-0.39, 0.29) is 11.9 Å². The Labute approximate surface area is 130 Å². The monoisotopic (exact) mass is 314 g/mol. The number of likely N-dealkylation sites (N-methyl/N-ethyl adjacent to an activating group) is 1. The summed E-state index contributed by atoms with van der Waals surface area (Å²) in [6.45, 7) is 2.66. The molecule has 0 heterocycles. The van der Waals surface area contributed by atoms with Gasteiger partial charge in [-0.1, -0.05) is 35.7 Å². The van der Waals surface area contributed by atoms with Gasteiger partial charge in [0.15, 0.2) is 0 Å². The van der Waals surface area contributed by atoms with Crippen molar-refractivity contribution in [1.29, 1.82) is 0 Å². The first-order chi connectivity index (χ1) is 9.49. The molecule has 1 aromatic carbocycles. The maximum atomic E-state index is 12.5. The minimum Gasteiger partial charge on any atom is -0.354 e. The summed E-state index contributed by atoms with van der Waals surface area (Å²) in [6, 6.07) is 5.76. The van der Waals surface area contributed by atoms with Gasteiger partial charge in [0.1, 0.15) is 0 Å². The summed E-state index contributed by atoms with van der Waals surface area (Å²) in [5.41, 5.74) is 0.537. The van der Waals surface area contributed by atoms with Gasteiger partial charge in [0.05, 0.1) is 15.5 Å². The van der Waals surface area contributed by atoms with Crippen molar-refractivity contribution in [2.75, 3.05) is 13.6 Å². The summed E-state index contributed by atoms with van der Waals surface area (Å²) in [6.07, 6.45) is 2.80. The molecule has 0 radical (unpaired) electrons. The number of rotatable bonds is 5. The molecule has 20 heavy (non-hydrogen) atoms. The highest BCUT2D eigenvalue weighted by molar-refractivity contribution is 6.42. The number of hydrogen-bond acceptors (Lipinski definition) is 2. The zero-order valence-corrected chi connectivity index (χ0v) is 13.3. The lowest BCUT2D eigenvalue weighted by molar-refractivity contribution is -0.130. The molecule has 1 aliphatic carbocycles. The van der Waals surface area contributed by atoms with E-state index < -0.39 is 5.41 Å². The summed E-state index contributed by atoms with van der Waals surface area (Å²) in [7, 11) is 1.88. The number of halogens is 2. The molecule has 0 aromatic heterocycles. The van der Waals surface area contributed by atoms with Gasteiger partial charge >= 0.3 is 0 Å². The van der Waals surface area contributed by atoms with Crippen LogP contribution in [0.4, 0.5) is 0 Å². The number of carbonyl (C=O) groups is 1. The van der Waals surface area contributed by atoms with Gasteiger partial charge in [0.2, 0.25) is 5.91 Å². The third-order valence-electron chi connectivity index (χ3n) is 4.18. The normalized spacial score (nSPS) is 18.2. The Morgan fingerprint density at radius 3 is 2.55 bits per heavy atom. The van der Waals surface area contributed by atoms with E-state index in [0.717, 1.165) is 24.8 Å². The van der Waals surface area contributed by atoms with Crippen LogP contribution in [-0.4, -0.2) is 25.5 Å². The van der Waals surface area contributed by atoms with Crippen molar-refractivity contribution in [3.63, 3.8) is 0 Å². The molecule has 1 fully saturated rings. The molecule has 0 bridgehead atoms. The van der Waals surface area contributed by atoms with Gasteiger partial charge in [0.25, 0.3) is 0 Å². The molecule has 1 aromatic rings. The first kappa shape index (κ1) is 15.6. The highest BCUT2D eigenvalue weighted by atomic mass is 35.5. The fourth-order valence-corrected chi connectivity index (χ4v) is 2.79. The van der Waals surface area contributed by atoms with Gasteiger partial charge in [-0.2, -0.15) is 0 Å². The van der Waals surface area contributed by atoms with E-state index in [0.29, 0.717) is 16.6 Å². The minimum atomic E-state index is -0.429. The van der Waals surface area contributed by atoms with Crippen molar-refractivity contribution >= 4 is 29.1 Å². The topological polar surface area (TPSA) is 41.1 Å².